The summed E-state index contributed by atoms with van der Waals surface area (Å²) < 4.78 is 33.2. The van der Waals surface area contributed by atoms with E-state index in [0.717, 1.165) is 17.5 Å². The summed E-state index contributed by atoms with van der Waals surface area (Å²) in [7, 11) is 0. The van der Waals surface area contributed by atoms with Crippen LogP contribution in [0.25, 0.3) is 11.1 Å². The molecule has 0 spiro atoms. The number of ether oxygens (including phenoxy) is 3. The van der Waals surface area contributed by atoms with Gasteiger partial charge in [-0.15, -0.1) is 0 Å². The van der Waals surface area contributed by atoms with Gasteiger partial charge < -0.3 is 19.5 Å². The Labute approximate surface area is 242 Å². The predicted molar refractivity (Wildman–Crippen MR) is 157 cm³/mol. The molecule has 218 valence electrons. The molecule has 0 saturated carbocycles. The van der Waals surface area contributed by atoms with E-state index in [-0.39, 0.29) is 29.7 Å². The fraction of sp³-hybridized carbons (Fsp3) is 0.412. The summed E-state index contributed by atoms with van der Waals surface area (Å²) in [5, 5.41) is 2.82. The molecule has 1 amide bonds. The monoisotopic (exact) mass is 561 g/mol. The van der Waals surface area contributed by atoms with Crippen molar-refractivity contribution in [2.75, 3.05) is 6.54 Å². The molecule has 0 aliphatic carbocycles. The molecule has 4 rings (SSSR count). The van der Waals surface area contributed by atoms with E-state index >= 15 is 0 Å². The number of esters is 1. The van der Waals surface area contributed by atoms with E-state index in [1.54, 1.807) is 30.3 Å². The number of hydrogen-bond acceptors (Lipinski definition) is 5. The molecule has 1 aliphatic rings. The van der Waals surface area contributed by atoms with Gasteiger partial charge >= 0.3 is 5.97 Å². The van der Waals surface area contributed by atoms with Gasteiger partial charge in [0, 0.05) is 19.4 Å². The Bertz CT molecular complexity index is 1330. The van der Waals surface area contributed by atoms with Crippen molar-refractivity contribution in [2.24, 2.45) is 17.8 Å². The molecule has 3 aromatic rings. The maximum Gasteiger partial charge on any atom is 0.338 e. The number of rotatable bonds is 10. The standard InChI is InChI=1S/C34H40FNO5/c1-21(2)18-31-22(3)23(4)32(41-33(38)26-10-7-6-8-11-26)34(40-31)39-29-15-14-25(16-17-36-24(5)37)30(20-29)27-12-9-13-28(35)19-27/h6-15,19-23,31-32,34H,16-18H2,1-5H3,(H,36,37)/t22-,23-,31+,32-,34-/m1/s1. The lowest BCUT2D eigenvalue weighted by Gasteiger charge is -2.44. The van der Waals surface area contributed by atoms with Crippen molar-refractivity contribution >= 4 is 11.9 Å². The van der Waals surface area contributed by atoms with Crippen LogP contribution in [0.15, 0.2) is 72.8 Å². The third-order valence-corrected chi connectivity index (χ3v) is 7.70. The lowest BCUT2D eigenvalue weighted by atomic mass is 9.80. The molecule has 1 saturated heterocycles. The number of benzene rings is 3. The number of nitrogens with one attached hydrogen (secondary N) is 1. The van der Waals surface area contributed by atoms with E-state index in [4.69, 9.17) is 14.2 Å². The highest BCUT2D eigenvalue weighted by molar-refractivity contribution is 5.89. The van der Waals surface area contributed by atoms with Crippen LogP contribution in [0.4, 0.5) is 4.39 Å². The van der Waals surface area contributed by atoms with Crippen LogP contribution in [0, 0.1) is 23.6 Å². The van der Waals surface area contributed by atoms with Crippen LogP contribution in [-0.2, 0) is 20.7 Å². The molecule has 1 heterocycles. The summed E-state index contributed by atoms with van der Waals surface area (Å²) in [5.74, 6) is 0.175. The third kappa shape index (κ3) is 7.94. The Morgan fingerprint density at radius 2 is 1.73 bits per heavy atom. The van der Waals surface area contributed by atoms with Crippen molar-refractivity contribution in [1.82, 2.24) is 5.32 Å². The fourth-order valence-electron chi connectivity index (χ4n) is 5.30. The second-order valence-corrected chi connectivity index (χ2v) is 11.3. The first-order chi connectivity index (χ1) is 19.6. The molecule has 41 heavy (non-hydrogen) atoms. The van der Waals surface area contributed by atoms with Gasteiger partial charge in [0.2, 0.25) is 12.2 Å². The molecule has 6 nitrogen and oxygen atoms in total. The summed E-state index contributed by atoms with van der Waals surface area (Å²) in [6.45, 7) is 10.4. The van der Waals surface area contributed by atoms with Gasteiger partial charge in [-0.2, -0.15) is 0 Å². The molecule has 0 radical (unpaired) electrons. The highest BCUT2D eigenvalue weighted by Gasteiger charge is 2.45. The second kappa shape index (κ2) is 13.8. The van der Waals surface area contributed by atoms with Crippen LogP contribution in [0.5, 0.6) is 5.75 Å². The van der Waals surface area contributed by atoms with Crippen LogP contribution < -0.4 is 10.1 Å². The number of carbonyl (C=O) groups is 2. The van der Waals surface area contributed by atoms with Crippen LogP contribution in [0.2, 0.25) is 0 Å². The molecule has 0 aromatic heterocycles. The van der Waals surface area contributed by atoms with Crippen LogP contribution in [-0.4, -0.2) is 36.9 Å². The first kappa shape index (κ1) is 30.3. The van der Waals surface area contributed by atoms with Crippen LogP contribution in [0.1, 0.15) is 57.0 Å². The molecular weight excluding hydrogens is 521 g/mol. The van der Waals surface area contributed by atoms with E-state index in [0.29, 0.717) is 35.8 Å². The van der Waals surface area contributed by atoms with Gasteiger partial charge in [0.1, 0.15) is 11.6 Å². The van der Waals surface area contributed by atoms with Gasteiger partial charge in [-0.1, -0.05) is 64.1 Å². The maximum absolute atomic E-state index is 14.2. The normalized spacial score (nSPS) is 22.3. The molecule has 0 bridgehead atoms. The summed E-state index contributed by atoms with van der Waals surface area (Å²) in [5.41, 5.74) is 2.89. The summed E-state index contributed by atoms with van der Waals surface area (Å²) >= 11 is 0. The van der Waals surface area contributed by atoms with Gasteiger partial charge in [0.05, 0.1) is 11.7 Å². The third-order valence-electron chi connectivity index (χ3n) is 7.70. The smallest absolute Gasteiger partial charge is 0.338 e. The summed E-state index contributed by atoms with van der Waals surface area (Å²) in [6.07, 6.45) is -0.127. The van der Waals surface area contributed by atoms with Gasteiger partial charge in [0.15, 0.2) is 6.10 Å². The topological polar surface area (TPSA) is 73.9 Å². The lowest BCUT2D eigenvalue weighted by Crippen LogP contribution is -2.53. The first-order valence-corrected chi connectivity index (χ1v) is 14.3. The quantitative estimate of drug-likeness (QED) is 0.275. The van der Waals surface area contributed by atoms with Crippen molar-refractivity contribution in [3.05, 3.63) is 89.7 Å². The Balaban J connectivity index is 1.65. The SMILES string of the molecule is CC(=O)NCCc1ccc(O[C@@H]2O[C@@H](CC(C)C)[C@H](C)[C@@H](C)[C@H]2OC(=O)c2ccccc2)cc1-c1cccc(F)c1. The number of hydrogen-bond donors (Lipinski definition) is 1. The summed E-state index contributed by atoms with van der Waals surface area (Å²) in [6, 6.07) is 20.9. The van der Waals surface area contributed by atoms with E-state index in [2.05, 4.69) is 33.0 Å². The van der Waals surface area contributed by atoms with Gasteiger partial charge in [-0.3, -0.25) is 4.79 Å². The Hall–Kier alpha value is -3.71. The van der Waals surface area contributed by atoms with Crippen molar-refractivity contribution in [1.29, 1.82) is 0 Å². The highest BCUT2D eigenvalue weighted by Crippen LogP contribution is 2.38. The zero-order valence-electron chi connectivity index (χ0n) is 24.4. The predicted octanol–water partition coefficient (Wildman–Crippen LogP) is 6.82. The van der Waals surface area contributed by atoms with Gasteiger partial charge in [-0.25, -0.2) is 9.18 Å². The first-order valence-electron chi connectivity index (χ1n) is 14.3. The zero-order chi connectivity index (χ0) is 29.5. The fourth-order valence-corrected chi connectivity index (χ4v) is 5.30. The van der Waals surface area contributed by atoms with E-state index in [1.165, 1.54) is 19.1 Å². The van der Waals surface area contributed by atoms with Gasteiger partial charge in [0.25, 0.3) is 0 Å². The Morgan fingerprint density at radius 3 is 2.41 bits per heavy atom. The Morgan fingerprint density at radius 1 is 0.976 bits per heavy atom. The van der Waals surface area contributed by atoms with E-state index in [9.17, 15) is 14.0 Å². The average Bonchev–Trinajstić information content (AvgIpc) is 2.94. The van der Waals surface area contributed by atoms with Gasteiger partial charge in [-0.05, 0) is 77.8 Å². The largest absolute Gasteiger partial charge is 0.461 e. The molecule has 0 unspecified atom stereocenters. The number of carbonyl (C=O) groups excluding carboxylic acids is 2. The zero-order valence-corrected chi connectivity index (χ0v) is 24.4. The highest BCUT2D eigenvalue weighted by atomic mass is 19.1. The molecule has 3 aromatic carbocycles. The van der Waals surface area contributed by atoms with Crippen LogP contribution >= 0.6 is 0 Å². The molecule has 1 aliphatic heterocycles. The lowest BCUT2D eigenvalue weighted by molar-refractivity contribution is -0.240. The van der Waals surface area contributed by atoms with Crippen molar-refractivity contribution in [3.8, 4) is 16.9 Å². The molecule has 7 heteroatoms. The summed E-state index contributed by atoms with van der Waals surface area (Å²) in [4.78, 5) is 24.5. The van der Waals surface area contributed by atoms with Crippen molar-refractivity contribution in [3.63, 3.8) is 0 Å². The molecule has 1 N–H and O–H groups in total. The molecule has 1 fully saturated rings. The maximum atomic E-state index is 14.2. The Kier molecular flexibility index (Phi) is 10.2. The second-order valence-electron chi connectivity index (χ2n) is 11.3. The molecule has 5 atom stereocenters. The minimum absolute atomic E-state index is 0.0234. The van der Waals surface area contributed by atoms with Crippen molar-refractivity contribution in [2.45, 2.75) is 66.0 Å². The van der Waals surface area contributed by atoms with E-state index in [1.807, 2.05) is 30.3 Å². The minimum atomic E-state index is -0.830. The minimum Gasteiger partial charge on any atom is -0.461 e. The molecular formula is C34H40FNO5. The van der Waals surface area contributed by atoms with Crippen LogP contribution in [0.3, 0.4) is 0 Å². The number of halogens is 1. The number of amides is 1. The van der Waals surface area contributed by atoms with Crippen molar-refractivity contribution < 1.29 is 28.2 Å². The van der Waals surface area contributed by atoms with E-state index < -0.39 is 18.4 Å². The average molecular weight is 562 g/mol.